The highest BCUT2D eigenvalue weighted by atomic mass is 79.9. The third-order valence-electron chi connectivity index (χ3n) is 6.73. The molecule has 9 heteroatoms. The smallest absolute Gasteiger partial charge is 0.270 e. The Morgan fingerprint density at radius 2 is 1.46 bits per heavy atom. The number of methoxy groups -OCH3 is 2. The van der Waals surface area contributed by atoms with E-state index in [1.165, 1.54) is 12.1 Å². The lowest BCUT2D eigenvalue weighted by molar-refractivity contribution is -0.384. The first-order valence-electron chi connectivity index (χ1n) is 12.3. The molecule has 0 aromatic heterocycles. The van der Waals surface area contributed by atoms with E-state index in [4.69, 9.17) is 9.47 Å². The third kappa shape index (κ3) is 5.18. The standard InChI is InChI=1S/C30H26BrN3O5/c1-38-27-16-22(15-25(31)28(27)39-2)29-32(18-20-9-5-3-6-10-20)26-14-13-23(34(36)37)17-24(26)30(35)33(29)19-21-11-7-4-8-12-21/h3-17,29H,18-19H2,1-2H3/t29-/m1/s1. The van der Waals surface area contributed by atoms with Gasteiger partial charge in [-0.05, 0) is 50.8 Å². The Labute approximate surface area is 234 Å². The largest absolute Gasteiger partial charge is 0.493 e. The normalized spacial score (nSPS) is 14.6. The molecule has 0 bridgehead atoms. The van der Waals surface area contributed by atoms with Crippen LogP contribution in [-0.2, 0) is 13.1 Å². The number of rotatable bonds is 8. The van der Waals surface area contributed by atoms with Gasteiger partial charge in [-0.1, -0.05) is 60.7 Å². The number of carbonyl (C=O) groups excluding carboxylic acids is 1. The Morgan fingerprint density at radius 3 is 2.03 bits per heavy atom. The first-order chi connectivity index (χ1) is 18.9. The van der Waals surface area contributed by atoms with Gasteiger partial charge in [-0.2, -0.15) is 0 Å². The highest BCUT2D eigenvalue weighted by Crippen LogP contribution is 2.45. The van der Waals surface area contributed by atoms with E-state index < -0.39 is 11.1 Å². The maximum atomic E-state index is 14.1. The fraction of sp³-hybridized carbons (Fsp3) is 0.167. The summed E-state index contributed by atoms with van der Waals surface area (Å²) in [4.78, 5) is 29.2. The van der Waals surface area contributed by atoms with E-state index in [1.54, 1.807) is 25.2 Å². The van der Waals surface area contributed by atoms with Gasteiger partial charge in [-0.3, -0.25) is 14.9 Å². The minimum atomic E-state index is -0.553. The van der Waals surface area contributed by atoms with Crippen molar-refractivity contribution in [3.63, 3.8) is 0 Å². The summed E-state index contributed by atoms with van der Waals surface area (Å²) in [7, 11) is 3.14. The zero-order chi connectivity index (χ0) is 27.5. The lowest BCUT2D eigenvalue weighted by Crippen LogP contribution is -2.48. The second kappa shape index (κ2) is 11.2. The molecule has 1 aliphatic rings. The van der Waals surface area contributed by atoms with Crippen molar-refractivity contribution in [2.24, 2.45) is 0 Å². The van der Waals surface area contributed by atoms with E-state index in [0.717, 1.165) is 16.7 Å². The van der Waals surface area contributed by atoms with Crippen molar-refractivity contribution in [2.45, 2.75) is 19.3 Å². The Balaban J connectivity index is 1.74. The molecule has 0 spiro atoms. The van der Waals surface area contributed by atoms with Gasteiger partial charge in [-0.15, -0.1) is 0 Å². The molecule has 1 heterocycles. The summed E-state index contributed by atoms with van der Waals surface area (Å²) in [6.45, 7) is 0.755. The number of nitrogens with zero attached hydrogens (tertiary/aromatic N) is 3. The highest BCUT2D eigenvalue weighted by Gasteiger charge is 2.40. The molecule has 39 heavy (non-hydrogen) atoms. The lowest BCUT2D eigenvalue weighted by atomic mass is 9.98. The van der Waals surface area contributed by atoms with E-state index >= 15 is 0 Å². The second-order valence-electron chi connectivity index (χ2n) is 9.10. The number of carbonyl (C=O) groups is 1. The van der Waals surface area contributed by atoms with Crippen molar-refractivity contribution in [3.8, 4) is 11.5 Å². The van der Waals surface area contributed by atoms with E-state index in [0.29, 0.717) is 34.7 Å². The monoisotopic (exact) mass is 587 g/mol. The molecule has 0 fully saturated rings. The molecule has 198 valence electrons. The minimum absolute atomic E-state index is 0.131. The van der Waals surface area contributed by atoms with Gasteiger partial charge in [0.15, 0.2) is 11.5 Å². The third-order valence-corrected chi connectivity index (χ3v) is 7.32. The van der Waals surface area contributed by atoms with Crippen LogP contribution < -0.4 is 14.4 Å². The first kappa shape index (κ1) is 26.2. The first-order valence-corrected chi connectivity index (χ1v) is 13.1. The quantitative estimate of drug-likeness (QED) is 0.168. The van der Waals surface area contributed by atoms with Crippen molar-refractivity contribution in [1.29, 1.82) is 0 Å². The van der Waals surface area contributed by atoms with Crippen LogP contribution in [0.2, 0.25) is 0 Å². The average Bonchev–Trinajstić information content (AvgIpc) is 2.95. The van der Waals surface area contributed by atoms with Gasteiger partial charge >= 0.3 is 0 Å². The summed E-state index contributed by atoms with van der Waals surface area (Å²) in [6, 6.07) is 27.9. The summed E-state index contributed by atoms with van der Waals surface area (Å²) < 4.78 is 11.9. The Hall–Kier alpha value is -4.37. The number of hydrogen-bond acceptors (Lipinski definition) is 6. The molecular weight excluding hydrogens is 562 g/mol. The number of benzene rings is 4. The maximum Gasteiger partial charge on any atom is 0.270 e. The van der Waals surface area contributed by atoms with Crippen molar-refractivity contribution in [2.75, 3.05) is 19.1 Å². The number of halogens is 1. The van der Waals surface area contributed by atoms with E-state index in [1.807, 2.05) is 72.8 Å². The van der Waals surface area contributed by atoms with Crippen LogP contribution in [0.5, 0.6) is 11.5 Å². The van der Waals surface area contributed by atoms with Gasteiger partial charge < -0.3 is 19.3 Å². The molecule has 4 aromatic rings. The molecule has 1 amide bonds. The van der Waals surface area contributed by atoms with Crippen LogP contribution in [0.3, 0.4) is 0 Å². The fourth-order valence-corrected chi connectivity index (χ4v) is 5.58. The van der Waals surface area contributed by atoms with Crippen LogP contribution in [-0.4, -0.2) is 29.9 Å². The second-order valence-corrected chi connectivity index (χ2v) is 9.96. The van der Waals surface area contributed by atoms with Crippen LogP contribution in [0.15, 0.2) is 95.5 Å². The molecule has 0 unspecified atom stereocenters. The maximum absolute atomic E-state index is 14.1. The van der Waals surface area contributed by atoms with Gasteiger partial charge in [0.2, 0.25) is 0 Å². The molecule has 8 nitrogen and oxygen atoms in total. The molecule has 1 atom stereocenters. The molecule has 0 radical (unpaired) electrons. The van der Waals surface area contributed by atoms with Crippen molar-refractivity contribution in [3.05, 3.63) is 128 Å². The van der Waals surface area contributed by atoms with E-state index in [-0.39, 0.29) is 17.2 Å². The number of hydrogen-bond donors (Lipinski definition) is 0. The van der Waals surface area contributed by atoms with Crippen molar-refractivity contribution in [1.82, 2.24) is 4.90 Å². The summed E-state index contributed by atoms with van der Waals surface area (Å²) in [5.41, 5.74) is 3.53. The number of nitro groups is 1. The molecule has 5 rings (SSSR count). The summed E-state index contributed by atoms with van der Waals surface area (Å²) >= 11 is 3.61. The van der Waals surface area contributed by atoms with E-state index in [2.05, 4.69) is 20.8 Å². The van der Waals surface area contributed by atoms with Crippen LogP contribution in [0.4, 0.5) is 11.4 Å². The Bertz CT molecular complexity index is 1510. The van der Waals surface area contributed by atoms with Crippen molar-refractivity contribution < 1.29 is 19.2 Å². The number of anilines is 1. The van der Waals surface area contributed by atoms with E-state index in [9.17, 15) is 14.9 Å². The topological polar surface area (TPSA) is 85.1 Å². The van der Waals surface area contributed by atoms with Gasteiger partial charge in [-0.25, -0.2) is 0 Å². The van der Waals surface area contributed by atoms with Crippen LogP contribution >= 0.6 is 15.9 Å². The molecule has 1 aliphatic heterocycles. The number of non-ortho nitro benzene ring substituents is 1. The SMILES string of the molecule is COc1cc([C@H]2N(Cc3ccccc3)C(=O)c3cc([N+](=O)[O-])ccc3N2Cc2ccccc2)cc(Br)c1OC. The number of nitro benzene ring substituents is 1. The molecule has 0 saturated heterocycles. The zero-order valence-corrected chi connectivity index (χ0v) is 23.0. The average molecular weight is 588 g/mol. The van der Waals surface area contributed by atoms with Crippen LogP contribution in [0, 0.1) is 10.1 Å². The van der Waals surface area contributed by atoms with Gasteiger partial charge in [0, 0.05) is 25.2 Å². The van der Waals surface area contributed by atoms with Crippen LogP contribution in [0.1, 0.15) is 33.2 Å². The zero-order valence-electron chi connectivity index (χ0n) is 21.4. The van der Waals surface area contributed by atoms with Gasteiger partial charge in [0.05, 0.1) is 34.9 Å². The summed E-state index contributed by atoms with van der Waals surface area (Å²) in [6.07, 6.45) is -0.553. The lowest BCUT2D eigenvalue weighted by Gasteiger charge is -2.46. The Kier molecular flexibility index (Phi) is 7.51. The number of amides is 1. The molecular formula is C30H26BrN3O5. The Morgan fingerprint density at radius 1 is 0.846 bits per heavy atom. The minimum Gasteiger partial charge on any atom is -0.493 e. The molecule has 4 aromatic carbocycles. The number of ether oxygens (including phenoxy) is 2. The molecule has 0 aliphatic carbocycles. The predicted molar refractivity (Wildman–Crippen MR) is 152 cm³/mol. The predicted octanol–water partition coefficient (Wildman–Crippen LogP) is 6.74. The highest BCUT2D eigenvalue weighted by molar-refractivity contribution is 9.10. The van der Waals surface area contributed by atoms with Gasteiger partial charge in [0.1, 0.15) is 6.17 Å². The fourth-order valence-electron chi connectivity index (χ4n) is 4.96. The van der Waals surface area contributed by atoms with Gasteiger partial charge in [0.25, 0.3) is 11.6 Å². The van der Waals surface area contributed by atoms with Crippen molar-refractivity contribution >= 4 is 33.2 Å². The molecule has 0 N–H and O–H groups in total. The molecule has 0 saturated carbocycles. The number of fused-ring (bicyclic) bond motifs is 1. The summed E-state index contributed by atoms with van der Waals surface area (Å²) in [5, 5.41) is 11.6. The van der Waals surface area contributed by atoms with Crippen LogP contribution in [0.25, 0.3) is 0 Å². The summed E-state index contributed by atoms with van der Waals surface area (Å²) in [5.74, 6) is 0.768.